The minimum atomic E-state index is -1.18. The minimum absolute atomic E-state index is 0.311. The standard InChI is InChI=1S/C28H28N4O5/c1-18(29-24(33)17-37-23-16-10-9-15-22(23)36-3)27(34)31-26-28(35)32(2)21-14-8-7-13-20(21)25(30-26)19-11-5-4-6-12-19/h4-16,18,26H,17H2,1-3H3,(H,29,33)(H,31,34)/t18-,26?/m0/s1. The molecule has 0 fully saturated rings. The first-order chi connectivity index (χ1) is 17.9. The summed E-state index contributed by atoms with van der Waals surface area (Å²) in [4.78, 5) is 44.8. The zero-order valence-electron chi connectivity index (χ0n) is 20.8. The van der Waals surface area contributed by atoms with E-state index in [1.807, 2.05) is 54.6 Å². The lowest BCUT2D eigenvalue weighted by Crippen LogP contribution is -2.52. The highest BCUT2D eigenvalue weighted by Gasteiger charge is 2.32. The van der Waals surface area contributed by atoms with Crippen LogP contribution in [0.3, 0.4) is 0 Å². The summed E-state index contributed by atoms with van der Waals surface area (Å²) >= 11 is 0. The Hall–Kier alpha value is -4.66. The van der Waals surface area contributed by atoms with Crippen LogP contribution in [0.2, 0.25) is 0 Å². The Morgan fingerprint density at radius 2 is 1.62 bits per heavy atom. The van der Waals surface area contributed by atoms with Crippen molar-refractivity contribution in [1.29, 1.82) is 0 Å². The second-order valence-corrected chi connectivity index (χ2v) is 8.40. The van der Waals surface area contributed by atoms with Crippen LogP contribution in [0.5, 0.6) is 11.5 Å². The average molecular weight is 501 g/mol. The molecule has 1 aliphatic heterocycles. The maximum atomic E-state index is 13.3. The highest BCUT2D eigenvalue weighted by molar-refractivity contribution is 6.20. The van der Waals surface area contributed by atoms with E-state index in [9.17, 15) is 14.4 Å². The Bertz CT molecular complexity index is 1320. The number of ether oxygens (including phenoxy) is 2. The Morgan fingerprint density at radius 3 is 2.35 bits per heavy atom. The summed E-state index contributed by atoms with van der Waals surface area (Å²) in [5.74, 6) is -0.556. The number of carbonyl (C=O) groups is 3. The molecule has 1 aliphatic rings. The molecule has 0 spiro atoms. The van der Waals surface area contributed by atoms with Gasteiger partial charge in [-0.2, -0.15) is 0 Å². The number of rotatable bonds is 8. The van der Waals surface area contributed by atoms with E-state index in [0.29, 0.717) is 22.9 Å². The molecule has 37 heavy (non-hydrogen) atoms. The van der Waals surface area contributed by atoms with Gasteiger partial charge in [0, 0.05) is 18.2 Å². The molecule has 0 radical (unpaired) electrons. The van der Waals surface area contributed by atoms with E-state index in [1.165, 1.54) is 18.9 Å². The van der Waals surface area contributed by atoms with E-state index >= 15 is 0 Å². The molecule has 3 amide bonds. The number of likely N-dealkylation sites (N-methyl/N-ethyl adjacent to an activating group) is 1. The van der Waals surface area contributed by atoms with E-state index in [0.717, 1.165) is 11.1 Å². The van der Waals surface area contributed by atoms with Crippen molar-refractivity contribution >= 4 is 29.1 Å². The number of nitrogens with zero attached hydrogens (tertiary/aromatic N) is 2. The van der Waals surface area contributed by atoms with Crippen LogP contribution in [0.15, 0.2) is 83.9 Å². The van der Waals surface area contributed by atoms with Gasteiger partial charge < -0.3 is 25.0 Å². The molecule has 190 valence electrons. The number of methoxy groups -OCH3 is 1. The lowest BCUT2D eigenvalue weighted by Gasteiger charge is -2.22. The summed E-state index contributed by atoms with van der Waals surface area (Å²) in [6.45, 7) is 1.21. The van der Waals surface area contributed by atoms with Crippen LogP contribution >= 0.6 is 0 Å². The van der Waals surface area contributed by atoms with Gasteiger partial charge >= 0.3 is 0 Å². The Labute approximate surface area is 215 Å². The predicted octanol–water partition coefficient (Wildman–Crippen LogP) is 2.54. The lowest BCUT2D eigenvalue weighted by molar-refractivity contribution is -0.131. The zero-order valence-corrected chi connectivity index (χ0v) is 20.8. The maximum absolute atomic E-state index is 13.3. The van der Waals surface area contributed by atoms with Crippen molar-refractivity contribution in [3.8, 4) is 11.5 Å². The Balaban J connectivity index is 1.48. The number of amides is 3. The molecule has 0 aliphatic carbocycles. The second kappa shape index (κ2) is 11.4. The normalized spacial score (nSPS) is 15.5. The van der Waals surface area contributed by atoms with Gasteiger partial charge in [0.2, 0.25) is 12.1 Å². The SMILES string of the molecule is COc1ccccc1OCC(=O)N[C@@H](C)C(=O)NC1N=C(c2ccccc2)c2ccccc2N(C)C1=O. The average Bonchev–Trinajstić information content (AvgIpc) is 3.03. The number of benzodiazepines with no additional fused rings is 1. The fraction of sp³-hybridized carbons (Fsp3) is 0.214. The van der Waals surface area contributed by atoms with E-state index in [4.69, 9.17) is 9.47 Å². The van der Waals surface area contributed by atoms with Crippen molar-refractivity contribution in [3.63, 3.8) is 0 Å². The van der Waals surface area contributed by atoms with Crippen molar-refractivity contribution in [2.75, 3.05) is 25.7 Å². The number of hydrogen-bond acceptors (Lipinski definition) is 6. The number of nitrogens with one attached hydrogen (secondary N) is 2. The van der Waals surface area contributed by atoms with E-state index in [-0.39, 0.29) is 6.61 Å². The van der Waals surface area contributed by atoms with Gasteiger partial charge in [-0.15, -0.1) is 0 Å². The van der Waals surface area contributed by atoms with Gasteiger partial charge in [-0.25, -0.2) is 4.99 Å². The molecule has 9 nitrogen and oxygen atoms in total. The van der Waals surface area contributed by atoms with Crippen molar-refractivity contribution < 1.29 is 23.9 Å². The van der Waals surface area contributed by atoms with Crippen LogP contribution in [-0.2, 0) is 14.4 Å². The van der Waals surface area contributed by atoms with Crippen LogP contribution in [0, 0.1) is 0 Å². The van der Waals surface area contributed by atoms with Crippen LogP contribution in [-0.4, -0.2) is 56.4 Å². The highest BCUT2D eigenvalue weighted by atomic mass is 16.5. The first-order valence-corrected chi connectivity index (χ1v) is 11.7. The molecule has 4 rings (SSSR count). The zero-order chi connectivity index (χ0) is 26.4. The van der Waals surface area contributed by atoms with Crippen LogP contribution in [0.25, 0.3) is 0 Å². The Kier molecular flexibility index (Phi) is 7.83. The molecule has 2 N–H and O–H groups in total. The summed E-state index contributed by atoms with van der Waals surface area (Å²) < 4.78 is 10.7. The summed E-state index contributed by atoms with van der Waals surface area (Å²) in [5.41, 5.74) is 2.85. The van der Waals surface area contributed by atoms with Crippen molar-refractivity contribution in [2.24, 2.45) is 4.99 Å². The smallest absolute Gasteiger partial charge is 0.272 e. The number of fused-ring (bicyclic) bond motifs is 1. The third-order valence-corrected chi connectivity index (χ3v) is 5.87. The van der Waals surface area contributed by atoms with E-state index in [2.05, 4.69) is 15.6 Å². The predicted molar refractivity (Wildman–Crippen MR) is 140 cm³/mol. The number of benzene rings is 3. The van der Waals surface area contributed by atoms with Crippen LogP contribution < -0.4 is 25.0 Å². The fourth-order valence-corrected chi connectivity index (χ4v) is 3.93. The molecule has 3 aromatic rings. The third kappa shape index (κ3) is 5.78. The molecular weight excluding hydrogens is 472 g/mol. The second-order valence-electron chi connectivity index (χ2n) is 8.40. The molecule has 9 heteroatoms. The first kappa shape index (κ1) is 25.4. The van der Waals surface area contributed by atoms with Gasteiger partial charge in [0.25, 0.3) is 11.8 Å². The molecule has 0 saturated heterocycles. The molecule has 0 bridgehead atoms. The van der Waals surface area contributed by atoms with Crippen molar-refractivity contribution in [1.82, 2.24) is 10.6 Å². The van der Waals surface area contributed by atoms with Gasteiger partial charge in [0.15, 0.2) is 18.1 Å². The topological polar surface area (TPSA) is 109 Å². The molecule has 1 heterocycles. The summed E-state index contributed by atoms with van der Waals surface area (Å²) in [6.07, 6.45) is -1.18. The number of carbonyl (C=O) groups excluding carboxylic acids is 3. The van der Waals surface area contributed by atoms with Gasteiger partial charge in [-0.1, -0.05) is 60.7 Å². The molecular formula is C28H28N4O5. The molecule has 3 aromatic carbocycles. The van der Waals surface area contributed by atoms with Gasteiger partial charge in [0.05, 0.1) is 18.5 Å². The third-order valence-electron chi connectivity index (χ3n) is 5.87. The highest BCUT2D eigenvalue weighted by Crippen LogP contribution is 2.27. The van der Waals surface area contributed by atoms with Crippen LogP contribution in [0.1, 0.15) is 18.1 Å². The monoisotopic (exact) mass is 500 g/mol. The van der Waals surface area contributed by atoms with Crippen LogP contribution in [0.4, 0.5) is 5.69 Å². The van der Waals surface area contributed by atoms with Gasteiger partial charge in [-0.3, -0.25) is 14.4 Å². The fourth-order valence-electron chi connectivity index (χ4n) is 3.93. The van der Waals surface area contributed by atoms with E-state index in [1.54, 1.807) is 31.3 Å². The van der Waals surface area contributed by atoms with E-state index < -0.39 is 29.9 Å². The summed E-state index contributed by atoms with van der Waals surface area (Å²) in [5, 5.41) is 5.27. The lowest BCUT2D eigenvalue weighted by atomic mass is 10.0. The van der Waals surface area contributed by atoms with Gasteiger partial charge in [0.1, 0.15) is 6.04 Å². The maximum Gasteiger partial charge on any atom is 0.272 e. The summed E-state index contributed by atoms with van der Waals surface area (Å²) in [6, 6.07) is 22.9. The number of aliphatic imine (C=N–C) groups is 1. The molecule has 1 unspecified atom stereocenters. The number of hydrogen-bond donors (Lipinski definition) is 2. The summed E-state index contributed by atoms with van der Waals surface area (Å²) in [7, 11) is 3.15. The quantitative estimate of drug-likeness (QED) is 0.494. The van der Waals surface area contributed by atoms with Gasteiger partial charge in [-0.05, 0) is 25.1 Å². The number of para-hydroxylation sites is 3. The Morgan fingerprint density at radius 1 is 0.973 bits per heavy atom. The largest absolute Gasteiger partial charge is 0.493 e. The molecule has 2 atom stereocenters. The molecule has 0 saturated carbocycles. The number of anilines is 1. The molecule has 0 aromatic heterocycles. The minimum Gasteiger partial charge on any atom is -0.493 e. The van der Waals surface area contributed by atoms with Crippen molar-refractivity contribution in [2.45, 2.75) is 19.1 Å². The first-order valence-electron chi connectivity index (χ1n) is 11.7. The van der Waals surface area contributed by atoms with Crippen molar-refractivity contribution in [3.05, 3.63) is 90.0 Å².